The number of amides is 2. The Balaban J connectivity index is 1.44. The molecule has 4 rings (SSSR count). The van der Waals surface area contributed by atoms with Crippen molar-refractivity contribution >= 4 is 23.3 Å². The normalized spacial score (nSPS) is 16.7. The van der Waals surface area contributed by atoms with E-state index < -0.39 is 5.82 Å². The van der Waals surface area contributed by atoms with E-state index >= 15 is 0 Å². The predicted octanol–water partition coefficient (Wildman–Crippen LogP) is 5.25. The summed E-state index contributed by atoms with van der Waals surface area (Å²) in [6.07, 6.45) is 1.69. The summed E-state index contributed by atoms with van der Waals surface area (Å²) in [5, 5.41) is 6.83. The Kier molecular flexibility index (Phi) is 5.49. The highest BCUT2D eigenvalue weighted by atomic mass is 35.5. The molecular weight excluding hydrogens is 395 g/mol. The molecule has 1 saturated heterocycles. The molecule has 2 aromatic carbocycles. The number of carbonyl (C=O) groups excluding carboxylic acids is 1. The Bertz CT molecular complexity index is 1040. The highest BCUT2D eigenvalue weighted by molar-refractivity contribution is 6.31. The van der Waals surface area contributed by atoms with Gasteiger partial charge in [0.05, 0.1) is 10.9 Å². The van der Waals surface area contributed by atoms with Crippen molar-refractivity contribution in [3.8, 4) is 11.4 Å². The first-order valence-electron chi connectivity index (χ1n) is 9.41. The van der Waals surface area contributed by atoms with E-state index in [1.807, 2.05) is 31.2 Å². The van der Waals surface area contributed by atoms with Gasteiger partial charge in [-0.25, -0.2) is 9.18 Å². The number of hydrogen-bond donors (Lipinski definition) is 1. The fourth-order valence-electron chi connectivity index (χ4n) is 3.44. The third-order valence-electron chi connectivity index (χ3n) is 4.95. The maximum Gasteiger partial charge on any atom is 0.321 e. The van der Waals surface area contributed by atoms with Gasteiger partial charge in [0.25, 0.3) is 0 Å². The van der Waals surface area contributed by atoms with Crippen LogP contribution >= 0.6 is 11.6 Å². The number of aromatic nitrogens is 2. The molecule has 1 aromatic heterocycles. The lowest BCUT2D eigenvalue weighted by atomic mass is 9.98. The summed E-state index contributed by atoms with van der Waals surface area (Å²) in [6, 6.07) is 11.7. The summed E-state index contributed by atoms with van der Waals surface area (Å²) in [7, 11) is 0. The van der Waals surface area contributed by atoms with Gasteiger partial charge in [-0.15, -0.1) is 0 Å². The minimum atomic E-state index is -0.525. The van der Waals surface area contributed by atoms with E-state index in [9.17, 15) is 9.18 Å². The molecule has 150 valence electrons. The highest BCUT2D eigenvalue weighted by Crippen LogP contribution is 2.28. The number of piperidine rings is 1. The molecular formula is C21H20ClFN4O2. The zero-order valence-electron chi connectivity index (χ0n) is 15.9. The monoisotopic (exact) mass is 414 g/mol. The van der Waals surface area contributed by atoms with Crippen molar-refractivity contribution in [1.29, 1.82) is 0 Å². The zero-order chi connectivity index (χ0) is 20.4. The van der Waals surface area contributed by atoms with E-state index in [0.717, 1.165) is 24.0 Å². The van der Waals surface area contributed by atoms with E-state index in [1.54, 1.807) is 4.90 Å². The number of carbonyl (C=O) groups is 1. The van der Waals surface area contributed by atoms with Crippen LogP contribution < -0.4 is 5.32 Å². The maximum absolute atomic E-state index is 13.3. The molecule has 2 amide bonds. The summed E-state index contributed by atoms with van der Waals surface area (Å²) in [4.78, 5) is 18.9. The van der Waals surface area contributed by atoms with Gasteiger partial charge in [-0.2, -0.15) is 4.98 Å². The first-order valence-corrected chi connectivity index (χ1v) is 9.79. The molecule has 0 spiro atoms. The summed E-state index contributed by atoms with van der Waals surface area (Å²) in [5.41, 5.74) is 2.47. The van der Waals surface area contributed by atoms with Gasteiger partial charge >= 0.3 is 6.03 Å². The molecule has 1 atom stereocenters. The van der Waals surface area contributed by atoms with Gasteiger partial charge < -0.3 is 14.7 Å². The first kappa shape index (κ1) is 19.4. The van der Waals surface area contributed by atoms with Crippen LogP contribution in [0.4, 0.5) is 14.9 Å². The van der Waals surface area contributed by atoms with Crippen LogP contribution in [0.1, 0.15) is 30.2 Å². The third kappa shape index (κ3) is 4.40. The van der Waals surface area contributed by atoms with Gasteiger partial charge in [-0.05, 0) is 44.0 Å². The molecule has 1 fully saturated rings. The third-order valence-corrected chi connectivity index (χ3v) is 5.24. The molecule has 1 aliphatic heterocycles. The predicted molar refractivity (Wildman–Crippen MR) is 108 cm³/mol. The van der Waals surface area contributed by atoms with Gasteiger partial charge in [0.15, 0.2) is 0 Å². The fraction of sp³-hybridized carbons (Fsp3) is 0.286. The fourth-order valence-corrected chi connectivity index (χ4v) is 3.62. The Labute approximate surface area is 172 Å². The van der Waals surface area contributed by atoms with Gasteiger partial charge in [0.1, 0.15) is 5.82 Å². The van der Waals surface area contributed by atoms with E-state index in [-0.39, 0.29) is 17.0 Å². The molecule has 2 heterocycles. The average Bonchev–Trinajstić information content (AvgIpc) is 3.21. The molecule has 29 heavy (non-hydrogen) atoms. The minimum Gasteiger partial charge on any atom is -0.339 e. The number of nitrogens with zero attached hydrogens (tertiary/aromatic N) is 3. The number of halogens is 2. The van der Waals surface area contributed by atoms with Crippen LogP contribution in [0.3, 0.4) is 0 Å². The number of likely N-dealkylation sites (tertiary alicyclic amines) is 1. The number of rotatable bonds is 3. The number of benzene rings is 2. The first-order chi connectivity index (χ1) is 14.0. The van der Waals surface area contributed by atoms with Crippen molar-refractivity contribution in [2.24, 2.45) is 0 Å². The molecule has 1 N–H and O–H groups in total. The Morgan fingerprint density at radius 3 is 2.97 bits per heavy atom. The van der Waals surface area contributed by atoms with Crippen LogP contribution in [0.5, 0.6) is 0 Å². The van der Waals surface area contributed by atoms with Crippen LogP contribution in [-0.4, -0.2) is 34.2 Å². The topological polar surface area (TPSA) is 71.3 Å². The van der Waals surface area contributed by atoms with E-state index in [1.165, 1.54) is 18.2 Å². The smallest absolute Gasteiger partial charge is 0.321 e. The van der Waals surface area contributed by atoms with Gasteiger partial charge in [-0.1, -0.05) is 40.5 Å². The van der Waals surface area contributed by atoms with Crippen molar-refractivity contribution in [2.45, 2.75) is 25.7 Å². The van der Waals surface area contributed by atoms with E-state index in [2.05, 4.69) is 15.5 Å². The van der Waals surface area contributed by atoms with Crippen molar-refractivity contribution in [1.82, 2.24) is 15.0 Å². The average molecular weight is 415 g/mol. The Morgan fingerprint density at radius 1 is 1.31 bits per heavy atom. The summed E-state index contributed by atoms with van der Waals surface area (Å²) in [5.74, 6) is 0.524. The highest BCUT2D eigenvalue weighted by Gasteiger charge is 2.29. The van der Waals surface area contributed by atoms with Crippen molar-refractivity contribution in [2.75, 3.05) is 18.4 Å². The maximum atomic E-state index is 13.3. The van der Waals surface area contributed by atoms with Gasteiger partial charge in [0.2, 0.25) is 11.7 Å². The quantitative estimate of drug-likeness (QED) is 0.635. The van der Waals surface area contributed by atoms with Crippen LogP contribution in [-0.2, 0) is 0 Å². The number of aryl methyl sites for hydroxylation is 1. The molecule has 0 aliphatic carbocycles. The molecule has 6 nitrogen and oxygen atoms in total. The van der Waals surface area contributed by atoms with Crippen molar-refractivity contribution < 1.29 is 13.7 Å². The van der Waals surface area contributed by atoms with Gasteiger partial charge in [-0.3, -0.25) is 0 Å². The van der Waals surface area contributed by atoms with Gasteiger partial charge in [0, 0.05) is 24.3 Å². The minimum absolute atomic E-state index is 0.0302. The number of nitrogens with one attached hydrogen (secondary N) is 1. The summed E-state index contributed by atoms with van der Waals surface area (Å²) < 4.78 is 18.8. The summed E-state index contributed by atoms with van der Waals surface area (Å²) in [6.45, 7) is 3.10. The molecule has 0 radical (unpaired) electrons. The van der Waals surface area contributed by atoms with Crippen molar-refractivity contribution in [3.05, 3.63) is 64.8 Å². The van der Waals surface area contributed by atoms with E-state index in [0.29, 0.717) is 30.5 Å². The second-order valence-electron chi connectivity index (χ2n) is 7.17. The van der Waals surface area contributed by atoms with Crippen LogP contribution in [0.2, 0.25) is 5.02 Å². The number of hydrogen-bond acceptors (Lipinski definition) is 4. The van der Waals surface area contributed by atoms with Crippen LogP contribution in [0, 0.1) is 12.7 Å². The second kappa shape index (κ2) is 8.21. The molecule has 8 heteroatoms. The zero-order valence-corrected chi connectivity index (χ0v) is 16.6. The lowest BCUT2D eigenvalue weighted by Crippen LogP contribution is -2.41. The lowest BCUT2D eigenvalue weighted by molar-refractivity contribution is 0.184. The molecule has 1 aliphatic rings. The number of urea groups is 1. The molecule has 0 saturated carbocycles. The lowest BCUT2D eigenvalue weighted by Gasteiger charge is -2.31. The standard InChI is InChI=1S/C21H20ClFN4O2/c1-13-4-2-5-14(10-13)19-25-20(29-26-19)15-6-3-9-27(12-15)21(28)24-16-7-8-18(23)17(22)11-16/h2,4-5,7-8,10-11,15H,3,6,9,12H2,1H3,(H,24,28)/t15-/m0/s1. The van der Waals surface area contributed by atoms with Crippen LogP contribution in [0.25, 0.3) is 11.4 Å². The summed E-state index contributed by atoms with van der Waals surface area (Å²) >= 11 is 5.78. The largest absolute Gasteiger partial charge is 0.339 e. The van der Waals surface area contributed by atoms with Crippen LogP contribution in [0.15, 0.2) is 47.0 Å². The SMILES string of the molecule is Cc1cccc(-c2noc([C@H]3CCCN(C(=O)Nc4ccc(F)c(Cl)c4)C3)n2)c1. The molecule has 0 bridgehead atoms. The second-order valence-corrected chi connectivity index (χ2v) is 7.58. The Morgan fingerprint density at radius 2 is 2.17 bits per heavy atom. The van der Waals surface area contributed by atoms with E-state index in [4.69, 9.17) is 16.1 Å². The molecule has 3 aromatic rings. The van der Waals surface area contributed by atoms with Crippen molar-refractivity contribution in [3.63, 3.8) is 0 Å². The Hall–Kier alpha value is -2.93. The molecule has 0 unspecified atom stereocenters. The number of anilines is 1.